The van der Waals surface area contributed by atoms with Crippen molar-refractivity contribution in [3.05, 3.63) is 16.4 Å². The van der Waals surface area contributed by atoms with Crippen LogP contribution in [0.4, 0.5) is 0 Å². The van der Waals surface area contributed by atoms with Crippen molar-refractivity contribution >= 4 is 33.0 Å². The minimum Gasteiger partial charge on any atom is -0.252 e. The van der Waals surface area contributed by atoms with Crippen LogP contribution < -0.4 is 0 Å². The zero-order valence-corrected chi connectivity index (χ0v) is 11.8. The number of aromatic nitrogens is 2. The van der Waals surface area contributed by atoms with Gasteiger partial charge in [0, 0.05) is 17.7 Å². The normalized spacial score (nSPS) is 16.4. The molecule has 4 nitrogen and oxygen atoms in total. The van der Waals surface area contributed by atoms with Gasteiger partial charge in [0.15, 0.2) is 0 Å². The highest BCUT2D eigenvalue weighted by atomic mass is 35.5. The molecule has 0 spiro atoms. The summed E-state index contributed by atoms with van der Waals surface area (Å²) in [6, 6.07) is 0. The van der Waals surface area contributed by atoms with E-state index in [9.17, 15) is 8.42 Å². The largest absolute Gasteiger partial charge is 0.252 e. The summed E-state index contributed by atoms with van der Waals surface area (Å²) in [5, 5.41) is 4.86. The van der Waals surface area contributed by atoms with Crippen LogP contribution in [0.1, 0.15) is 30.0 Å². The Morgan fingerprint density at radius 2 is 2.12 bits per heavy atom. The third-order valence-corrected chi connectivity index (χ3v) is 4.40. The Morgan fingerprint density at radius 1 is 1.47 bits per heavy atom. The lowest BCUT2D eigenvalue weighted by Gasteiger charge is -2.01. The monoisotopic (exact) mass is 296 g/mol. The van der Waals surface area contributed by atoms with Crippen molar-refractivity contribution in [2.24, 2.45) is 0 Å². The number of halogens is 2. The molecule has 0 atom stereocenters. The average Bonchev–Trinajstić information content (AvgIpc) is 3.00. The molecule has 96 valence electrons. The smallest absolute Gasteiger partial charge is 0.149 e. The average molecular weight is 297 g/mol. The molecule has 0 unspecified atom stereocenters. The fraction of sp³-hybridized carbons (Fsp3) is 0.700. The first-order chi connectivity index (χ1) is 7.92. The van der Waals surface area contributed by atoms with E-state index in [-0.39, 0.29) is 12.3 Å². The Kier molecular flexibility index (Phi) is 3.71. The summed E-state index contributed by atoms with van der Waals surface area (Å²) in [7, 11) is -3.01. The molecule has 1 fully saturated rings. The number of sulfone groups is 1. The van der Waals surface area contributed by atoms with Gasteiger partial charge in [-0.2, -0.15) is 5.10 Å². The molecule has 0 N–H and O–H groups in total. The van der Waals surface area contributed by atoms with Crippen molar-refractivity contribution in [3.63, 3.8) is 0 Å². The van der Waals surface area contributed by atoms with Crippen LogP contribution >= 0.6 is 23.2 Å². The highest BCUT2D eigenvalue weighted by molar-refractivity contribution is 7.90. The van der Waals surface area contributed by atoms with Gasteiger partial charge in [0.25, 0.3) is 0 Å². The summed E-state index contributed by atoms with van der Waals surface area (Å²) in [4.78, 5) is 0. The van der Waals surface area contributed by atoms with E-state index in [0.29, 0.717) is 17.0 Å². The van der Waals surface area contributed by atoms with Crippen LogP contribution in [-0.2, 0) is 22.3 Å². The first kappa shape index (κ1) is 13.2. The minimum absolute atomic E-state index is 0.0419. The molecular formula is C10H14Cl2N2O2S. The van der Waals surface area contributed by atoms with Crippen LogP contribution in [0.3, 0.4) is 0 Å². The fourth-order valence-electron chi connectivity index (χ4n) is 1.70. The minimum atomic E-state index is -3.01. The number of rotatable bonds is 5. The molecule has 2 rings (SSSR count). The number of hydrogen-bond donors (Lipinski definition) is 0. The van der Waals surface area contributed by atoms with Gasteiger partial charge in [-0.05, 0) is 12.8 Å². The topological polar surface area (TPSA) is 52.0 Å². The van der Waals surface area contributed by atoms with Crippen LogP contribution in [0.15, 0.2) is 0 Å². The van der Waals surface area contributed by atoms with Crippen LogP contribution in [0, 0.1) is 0 Å². The summed E-state index contributed by atoms with van der Waals surface area (Å²) in [5.41, 5.74) is 1.79. The van der Waals surface area contributed by atoms with E-state index >= 15 is 0 Å². The van der Waals surface area contributed by atoms with Gasteiger partial charge in [-0.15, -0.1) is 11.6 Å². The van der Waals surface area contributed by atoms with Crippen molar-refractivity contribution in [3.8, 4) is 0 Å². The van der Waals surface area contributed by atoms with Gasteiger partial charge >= 0.3 is 0 Å². The first-order valence-corrected chi connectivity index (χ1v) is 8.38. The van der Waals surface area contributed by atoms with Gasteiger partial charge in [0.05, 0.1) is 23.9 Å². The third-order valence-electron chi connectivity index (χ3n) is 2.78. The highest BCUT2D eigenvalue weighted by Gasteiger charge is 2.31. The molecular weight excluding hydrogens is 283 g/mol. The Bertz CT molecular complexity index is 521. The summed E-state index contributed by atoms with van der Waals surface area (Å²) in [6.07, 6.45) is 3.43. The second-order valence-electron chi connectivity index (χ2n) is 4.42. The molecule has 1 aliphatic rings. The second-order valence-corrected chi connectivity index (χ2v) is 7.30. The summed E-state index contributed by atoms with van der Waals surface area (Å²) >= 11 is 12.0. The quantitative estimate of drug-likeness (QED) is 0.783. The molecule has 1 aromatic heterocycles. The lowest BCUT2D eigenvalue weighted by molar-refractivity contribution is 0.584. The molecule has 1 heterocycles. The molecule has 0 bridgehead atoms. The van der Waals surface area contributed by atoms with E-state index in [4.69, 9.17) is 23.2 Å². The zero-order valence-electron chi connectivity index (χ0n) is 9.49. The summed E-state index contributed by atoms with van der Waals surface area (Å²) in [6.45, 7) is 0.286. The van der Waals surface area contributed by atoms with Crippen LogP contribution in [-0.4, -0.2) is 30.2 Å². The SMILES string of the molecule is CS(=O)(=O)CCn1nc(C2CC2)c(CCl)c1Cl. The van der Waals surface area contributed by atoms with Crippen LogP contribution in [0.2, 0.25) is 5.15 Å². The van der Waals surface area contributed by atoms with Crippen LogP contribution in [0.25, 0.3) is 0 Å². The zero-order chi connectivity index (χ0) is 12.6. The molecule has 7 heteroatoms. The lowest BCUT2D eigenvalue weighted by atomic mass is 10.2. The number of hydrogen-bond acceptors (Lipinski definition) is 3. The Labute approximate surface area is 111 Å². The van der Waals surface area contributed by atoms with Gasteiger partial charge in [0.2, 0.25) is 0 Å². The first-order valence-electron chi connectivity index (χ1n) is 5.41. The maximum absolute atomic E-state index is 11.1. The summed E-state index contributed by atoms with van der Waals surface area (Å²) < 4.78 is 23.8. The molecule has 1 aromatic rings. The molecule has 0 amide bonds. The van der Waals surface area contributed by atoms with Gasteiger partial charge in [0.1, 0.15) is 15.0 Å². The Balaban J connectivity index is 2.22. The van der Waals surface area contributed by atoms with Gasteiger partial charge in [-0.25, -0.2) is 8.42 Å². The Morgan fingerprint density at radius 3 is 2.59 bits per heavy atom. The second kappa shape index (κ2) is 4.78. The lowest BCUT2D eigenvalue weighted by Crippen LogP contribution is -2.12. The maximum atomic E-state index is 11.1. The fourth-order valence-corrected chi connectivity index (χ4v) is 2.83. The molecule has 0 aromatic carbocycles. The number of aryl methyl sites for hydroxylation is 1. The predicted molar refractivity (Wildman–Crippen MR) is 68.5 cm³/mol. The van der Waals surface area contributed by atoms with E-state index < -0.39 is 9.84 Å². The van der Waals surface area contributed by atoms with Crippen molar-refractivity contribution in [2.45, 2.75) is 31.2 Å². The van der Waals surface area contributed by atoms with E-state index in [1.54, 1.807) is 4.68 Å². The van der Waals surface area contributed by atoms with Crippen molar-refractivity contribution in [2.75, 3.05) is 12.0 Å². The molecule has 0 saturated heterocycles. The summed E-state index contributed by atoms with van der Waals surface area (Å²) in [5.74, 6) is 0.824. The molecule has 1 saturated carbocycles. The van der Waals surface area contributed by atoms with E-state index in [0.717, 1.165) is 24.1 Å². The molecule has 17 heavy (non-hydrogen) atoms. The van der Waals surface area contributed by atoms with E-state index in [1.165, 1.54) is 6.26 Å². The maximum Gasteiger partial charge on any atom is 0.149 e. The standard InChI is InChI=1S/C10H14Cl2N2O2S/c1-17(15,16)5-4-14-10(12)8(6-11)9(13-14)7-2-3-7/h7H,2-6H2,1H3. The van der Waals surface area contributed by atoms with Crippen molar-refractivity contribution < 1.29 is 8.42 Å². The van der Waals surface area contributed by atoms with Gasteiger partial charge in [-0.3, -0.25) is 4.68 Å². The molecule has 0 radical (unpaired) electrons. The van der Waals surface area contributed by atoms with Gasteiger partial charge in [-0.1, -0.05) is 11.6 Å². The van der Waals surface area contributed by atoms with Crippen LogP contribution in [0.5, 0.6) is 0 Å². The van der Waals surface area contributed by atoms with E-state index in [1.807, 2.05) is 0 Å². The van der Waals surface area contributed by atoms with E-state index in [2.05, 4.69) is 5.10 Å². The molecule has 0 aliphatic heterocycles. The van der Waals surface area contributed by atoms with Gasteiger partial charge < -0.3 is 0 Å². The Hall–Kier alpha value is -0.260. The number of alkyl halides is 1. The molecule has 1 aliphatic carbocycles. The van der Waals surface area contributed by atoms with Crippen molar-refractivity contribution in [1.82, 2.24) is 9.78 Å². The predicted octanol–water partition coefficient (Wildman–Crippen LogP) is 2.20. The highest BCUT2D eigenvalue weighted by Crippen LogP contribution is 2.42. The van der Waals surface area contributed by atoms with Crippen molar-refractivity contribution in [1.29, 1.82) is 0 Å². The number of nitrogens with zero attached hydrogens (tertiary/aromatic N) is 2. The third kappa shape index (κ3) is 3.14.